The van der Waals surface area contributed by atoms with Crippen molar-refractivity contribution in [3.05, 3.63) is 57.7 Å². The van der Waals surface area contributed by atoms with Crippen LogP contribution in [0.15, 0.2) is 36.5 Å². The van der Waals surface area contributed by atoms with Crippen LogP contribution in [0.5, 0.6) is 0 Å². The van der Waals surface area contributed by atoms with Crippen LogP contribution in [-0.2, 0) is 19.7 Å². The molecule has 2 rings (SSSR count). The maximum absolute atomic E-state index is 12.1. The van der Waals surface area contributed by atoms with Crippen LogP contribution >= 0.6 is 23.2 Å². The van der Waals surface area contributed by atoms with E-state index in [0.29, 0.717) is 10.6 Å². The fourth-order valence-electron chi connectivity index (χ4n) is 2.25. The summed E-state index contributed by atoms with van der Waals surface area (Å²) in [7, 11) is 0. The SMILES string of the molecule is CC(C)(C)c1ccc(C(=O)NCC(=O)OCC(=O)Nc2ncc(Cl)cc2Cl)cc1. The lowest BCUT2D eigenvalue weighted by atomic mass is 9.87. The number of rotatable bonds is 6. The van der Waals surface area contributed by atoms with Crippen LogP contribution in [0.1, 0.15) is 36.7 Å². The Morgan fingerprint density at radius 2 is 1.76 bits per heavy atom. The summed E-state index contributed by atoms with van der Waals surface area (Å²) in [4.78, 5) is 39.6. The van der Waals surface area contributed by atoms with Gasteiger partial charge in [-0.05, 0) is 29.2 Å². The predicted molar refractivity (Wildman–Crippen MR) is 111 cm³/mol. The van der Waals surface area contributed by atoms with Crippen molar-refractivity contribution in [3.63, 3.8) is 0 Å². The van der Waals surface area contributed by atoms with E-state index in [4.69, 9.17) is 27.9 Å². The normalized spacial score (nSPS) is 10.9. The highest BCUT2D eigenvalue weighted by Crippen LogP contribution is 2.23. The molecule has 1 aromatic carbocycles. The van der Waals surface area contributed by atoms with Crippen LogP contribution < -0.4 is 10.6 Å². The second-order valence-corrected chi connectivity index (χ2v) is 8.05. The van der Waals surface area contributed by atoms with Crippen LogP contribution in [-0.4, -0.2) is 35.9 Å². The third-order valence-electron chi connectivity index (χ3n) is 3.84. The molecule has 0 radical (unpaired) electrons. The molecule has 1 aromatic heterocycles. The van der Waals surface area contributed by atoms with Gasteiger partial charge in [-0.15, -0.1) is 0 Å². The molecule has 0 aliphatic carbocycles. The van der Waals surface area contributed by atoms with E-state index >= 15 is 0 Å². The number of nitrogens with zero attached hydrogens (tertiary/aromatic N) is 1. The van der Waals surface area contributed by atoms with Crippen molar-refractivity contribution in [3.8, 4) is 0 Å². The molecule has 0 spiro atoms. The molecule has 0 aliphatic heterocycles. The van der Waals surface area contributed by atoms with E-state index in [1.54, 1.807) is 12.1 Å². The molecule has 0 fully saturated rings. The van der Waals surface area contributed by atoms with E-state index in [9.17, 15) is 14.4 Å². The summed E-state index contributed by atoms with van der Waals surface area (Å²) in [6, 6.07) is 8.54. The van der Waals surface area contributed by atoms with Crippen molar-refractivity contribution in [2.24, 2.45) is 0 Å². The number of esters is 1. The Balaban J connectivity index is 1.77. The molecule has 1 heterocycles. The molecule has 0 saturated carbocycles. The number of hydrogen-bond donors (Lipinski definition) is 2. The van der Waals surface area contributed by atoms with Gasteiger partial charge in [0.05, 0.1) is 10.0 Å². The molecule has 29 heavy (non-hydrogen) atoms. The highest BCUT2D eigenvalue weighted by molar-refractivity contribution is 6.36. The number of hydrogen-bond acceptors (Lipinski definition) is 5. The van der Waals surface area contributed by atoms with Crippen molar-refractivity contribution >= 4 is 46.8 Å². The lowest BCUT2D eigenvalue weighted by molar-refractivity contribution is -0.146. The van der Waals surface area contributed by atoms with Crippen molar-refractivity contribution in [1.29, 1.82) is 0 Å². The molecule has 0 bridgehead atoms. The van der Waals surface area contributed by atoms with Gasteiger partial charge in [-0.1, -0.05) is 56.1 Å². The number of ether oxygens (including phenoxy) is 1. The van der Waals surface area contributed by atoms with E-state index in [2.05, 4.69) is 36.4 Å². The molecule has 2 aromatic rings. The number of aromatic nitrogens is 1. The molecular weight excluding hydrogens is 417 g/mol. The molecule has 0 atom stereocenters. The van der Waals surface area contributed by atoms with Gasteiger partial charge in [0.25, 0.3) is 11.8 Å². The lowest BCUT2D eigenvalue weighted by Gasteiger charge is -2.19. The van der Waals surface area contributed by atoms with Crippen molar-refractivity contribution in [1.82, 2.24) is 10.3 Å². The number of carbonyl (C=O) groups excluding carboxylic acids is 3. The van der Waals surface area contributed by atoms with Gasteiger partial charge >= 0.3 is 5.97 Å². The number of halogens is 2. The first-order valence-electron chi connectivity index (χ1n) is 8.71. The van der Waals surface area contributed by atoms with Gasteiger partial charge in [-0.25, -0.2) is 4.98 Å². The first kappa shape index (κ1) is 22.6. The van der Waals surface area contributed by atoms with Crippen LogP contribution in [0.25, 0.3) is 0 Å². The van der Waals surface area contributed by atoms with Crippen LogP contribution in [0.3, 0.4) is 0 Å². The Hall–Kier alpha value is -2.64. The third kappa shape index (κ3) is 7.03. The molecular formula is C20H21Cl2N3O4. The van der Waals surface area contributed by atoms with Gasteiger partial charge in [0.2, 0.25) is 0 Å². The van der Waals surface area contributed by atoms with E-state index in [-0.39, 0.29) is 22.8 Å². The number of anilines is 1. The average Bonchev–Trinajstić information content (AvgIpc) is 2.66. The topological polar surface area (TPSA) is 97.4 Å². The minimum atomic E-state index is -0.755. The second-order valence-electron chi connectivity index (χ2n) is 7.20. The zero-order chi connectivity index (χ0) is 21.6. The first-order chi connectivity index (χ1) is 13.6. The third-order valence-corrected chi connectivity index (χ3v) is 4.33. The largest absolute Gasteiger partial charge is 0.454 e. The summed E-state index contributed by atoms with van der Waals surface area (Å²) in [5.74, 6) is -1.69. The minimum Gasteiger partial charge on any atom is -0.454 e. The summed E-state index contributed by atoms with van der Waals surface area (Å²) in [5.41, 5.74) is 1.49. The van der Waals surface area contributed by atoms with Crippen LogP contribution in [0.4, 0.5) is 5.82 Å². The second kappa shape index (κ2) is 9.71. The zero-order valence-corrected chi connectivity index (χ0v) is 17.7. The lowest BCUT2D eigenvalue weighted by Crippen LogP contribution is -2.32. The Morgan fingerprint density at radius 3 is 2.34 bits per heavy atom. The molecule has 7 nitrogen and oxygen atoms in total. The fraction of sp³-hybridized carbons (Fsp3) is 0.300. The number of pyridine rings is 1. The Bertz CT molecular complexity index is 909. The van der Waals surface area contributed by atoms with E-state index in [0.717, 1.165) is 5.56 Å². The Kier molecular flexibility index (Phi) is 7.59. The van der Waals surface area contributed by atoms with Gasteiger partial charge in [-0.2, -0.15) is 0 Å². The minimum absolute atomic E-state index is 0.0227. The van der Waals surface area contributed by atoms with E-state index in [1.807, 2.05) is 12.1 Å². The van der Waals surface area contributed by atoms with Gasteiger partial charge in [-0.3, -0.25) is 14.4 Å². The molecule has 154 valence electrons. The van der Waals surface area contributed by atoms with Crippen LogP contribution in [0.2, 0.25) is 10.0 Å². The highest BCUT2D eigenvalue weighted by atomic mass is 35.5. The van der Waals surface area contributed by atoms with Crippen LogP contribution in [0, 0.1) is 0 Å². The molecule has 9 heteroatoms. The summed E-state index contributed by atoms with van der Waals surface area (Å²) in [5, 5.41) is 5.33. The number of nitrogens with one attached hydrogen (secondary N) is 2. The zero-order valence-electron chi connectivity index (χ0n) is 16.2. The van der Waals surface area contributed by atoms with Gasteiger partial charge in [0.1, 0.15) is 6.54 Å². The van der Waals surface area contributed by atoms with Crippen molar-refractivity contribution < 1.29 is 19.1 Å². The van der Waals surface area contributed by atoms with Crippen molar-refractivity contribution in [2.45, 2.75) is 26.2 Å². The smallest absolute Gasteiger partial charge is 0.325 e. The monoisotopic (exact) mass is 437 g/mol. The number of carbonyl (C=O) groups is 3. The predicted octanol–water partition coefficient (Wildman–Crippen LogP) is 3.60. The average molecular weight is 438 g/mol. The molecule has 2 N–H and O–H groups in total. The summed E-state index contributed by atoms with van der Waals surface area (Å²) < 4.78 is 4.83. The summed E-state index contributed by atoms with van der Waals surface area (Å²) in [6.45, 7) is 5.31. The van der Waals surface area contributed by atoms with Crippen molar-refractivity contribution in [2.75, 3.05) is 18.5 Å². The molecule has 0 aliphatic rings. The number of benzene rings is 1. The van der Waals surface area contributed by atoms with Gasteiger partial charge in [0.15, 0.2) is 12.4 Å². The molecule has 2 amide bonds. The fourth-order valence-corrected chi connectivity index (χ4v) is 2.68. The first-order valence-corrected chi connectivity index (χ1v) is 9.47. The molecule has 0 saturated heterocycles. The van der Waals surface area contributed by atoms with E-state index in [1.165, 1.54) is 12.3 Å². The quantitative estimate of drug-likeness (QED) is 0.672. The molecule has 0 unspecified atom stereocenters. The standard InChI is InChI=1S/C20H21Cl2N3O4/c1-20(2,3)13-6-4-12(5-7-13)19(28)24-10-17(27)29-11-16(26)25-18-15(22)8-14(21)9-23-18/h4-9H,10-11H2,1-3H3,(H,24,28)(H,23,25,26). The van der Waals surface area contributed by atoms with E-state index < -0.39 is 24.4 Å². The summed E-state index contributed by atoms with van der Waals surface area (Å²) >= 11 is 11.6. The maximum Gasteiger partial charge on any atom is 0.325 e. The Morgan fingerprint density at radius 1 is 1.10 bits per heavy atom. The summed E-state index contributed by atoms with van der Waals surface area (Å²) in [6.07, 6.45) is 1.32. The highest BCUT2D eigenvalue weighted by Gasteiger charge is 2.15. The van der Waals surface area contributed by atoms with Gasteiger partial charge in [0, 0.05) is 11.8 Å². The van der Waals surface area contributed by atoms with Gasteiger partial charge < -0.3 is 15.4 Å². The number of amides is 2. The Labute approximate surface area is 178 Å². The maximum atomic E-state index is 12.1.